The molecule has 2 heterocycles. The molecule has 5 heteroatoms. The lowest BCUT2D eigenvalue weighted by molar-refractivity contribution is 0.102. The van der Waals surface area contributed by atoms with Gasteiger partial charge in [-0.05, 0) is 36.1 Å². The van der Waals surface area contributed by atoms with Crippen LogP contribution in [-0.2, 0) is 7.05 Å². The highest BCUT2D eigenvalue weighted by Gasteiger charge is 2.19. The third-order valence-electron chi connectivity index (χ3n) is 4.19. The molecule has 1 amide bonds. The number of amides is 1. The van der Waals surface area contributed by atoms with Gasteiger partial charge in [0.2, 0.25) is 0 Å². The second-order valence-corrected chi connectivity index (χ2v) is 6.34. The average Bonchev–Trinajstić information content (AvgIpc) is 2.83. The molecule has 0 atom stereocenters. The number of anilines is 1. The first kappa shape index (κ1) is 16.2. The van der Waals surface area contributed by atoms with Crippen LogP contribution in [0.2, 0.25) is 0 Å². The zero-order chi connectivity index (χ0) is 17.4. The van der Waals surface area contributed by atoms with E-state index in [1.54, 1.807) is 24.7 Å². The van der Waals surface area contributed by atoms with Gasteiger partial charge in [-0.1, -0.05) is 26.0 Å². The Morgan fingerprint density at radius 1 is 1.25 bits per heavy atom. The molecule has 0 saturated heterocycles. The molecule has 24 heavy (non-hydrogen) atoms. The second-order valence-electron chi connectivity index (χ2n) is 6.34. The van der Waals surface area contributed by atoms with Gasteiger partial charge in [0.25, 0.3) is 5.91 Å². The van der Waals surface area contributed by atoms with E-state index in [4.69, 9.17) is 0 Å². The second kappa shape index (κ2) is 6.07. The van der Waals surface area contributed by atoms with E-state index >= 15 is 0 Å². The SMILES string of the molecule is Cc1cn(C)c2ncc(C(=O)Nc3ccc(C(C)C)cc3)c(F)c12. The number of aryl methyl sites for hydroxylation is 2. The maximum absolute atomic E-state index is 14.8. The van der Waals surface area contributed by atoms with Crippen molar-refractivity contribution in [2.75, 3.05) is 5.32 Å². The smallest absolute Gasteiger partial charge is 0.260 e. The van der Waals surface area contributed by atoms with Gasteiger partial charge in [-0.15, -0.1) is 0 Å². The van der Waals surface area contributed by atoms with Gasteiger partial charge in [0.15, 0.2) is 0 Å². The molecule has 1 N–H and O–H groups in total. The lowest BCUT2D eigenvalue weighted by Gasteiger charge is -2.09. The van der Waals surface area contributed by atoms with Gasteiger partial charge in [-0.2, -0.15) is 0 Å². The fourth-order valence-corrected chi connectivity index (χ4v) is 2.82. The quantitative estimate of drug-likeness (QED) is 0.776. The largest absolute Gasteiger partial charge is 0.335 e. The van der Waals surface area contributed by atoms with Crippen molar-refractivity contribution in [3.8, 4) is 0 Å². The van der Waals surface area contributed by atoms with E-state index in [9.17, 15) is 9.18 Å². The first-order valence-electron chi connectivity index (χ1n) is 7.90. The molecule has 4 nitrogen and oxygen atoms in total. The number of hydrogen-bond acceptors (Lipinski definition) is 2. The van der Waals surface area contributed by atoms with E-state index in [1.807, 2.05) is 24.3 Å². The molecule has 0 aliphatic heterocycles. The minimum absolute atomic E-state index is 0.0512. The fourth-order valence-electron chi connectivity index (χ4n) is 2.82. The minimum atomic E-state index is -0.533. The van der Waals surface area contributed by atoms with E-state index in [-0.39, 0.29) is 5.56 Å². The molecular weight excluding hydrogens is 305 g/mol. The molecule has 3 rings (SSSR count). The maximum atomic E-state index is 14.8. The van der Waals surface area contributed by atoms with Crippen molar-refractivity contribution in [2.45, 2.75) is 26.7 Å². The van der Waals surface area contributed by atoms with Crippen LogP contribution in [0.25, 0.3) is 11.0 Å². The molecule has 0 radical (unpaired) electrons. The van der Waals surface area contributed by atoms with Crippen molar-refractivity contribution in [3.63, 3.8) is 0 Å². The third-order valence-corrected chi connectivity index (χ3v) is 4.19. The lowest BCUT2D eigenvalue weighted by Crippen LogP contribution is -2.14. The molecule has 0 bridgehead atoms. The molecule has 2 aromatic heterocycles. The zero-order valence-electron chi connectivity index (χ0n) is 14.2. The summed E-state index contributed by atoms with van der Waals surface area (Å²) in [6.45, 7) is 6.01. The molecule has 0 aliphatic carbocycles. The van der Waals surface area contributed by atoms with Gasteiger partial charge in [0.05, 0.1) is 10.9 Å². The Bertz CT molecular complexity index is 911. The van der Waals surface area contributed by atoms with Crippen LogP contribution >= 0.6 is 0 Å². The number of hydrogen-bond donors (Lipinski definition) is 1. The van der Waals surface area contributed by atoms with Crippen LogP contribution < -0.4 is 5.32 Å². The maximum Gasteiger partial charge on any atom is 0.260 e. The summed E-state index contributed by atoms with van der Waals surface area (Å²) >= 11 is 0. The predicted molar refractivity (Wildman–Crippen MR) is 93.9 cm³/mol. The Kier molecular flexibility index (Phi) is 4.09. The number of halogens is 1. The zero-order valence-corrected chi connectivity index (χ0v) is 14.2. The number of carbonyl (C=O) groups excluding carboxylic acids is 1. The summed E-state index contributed by atoms with van der Waals surface area (Å²) < 4.78 is 16.5. The van der Waals surface area contributed by atoms with Gasteiger partial charge in [0, 0.05) is 25.1 Å². The number of aromatic nitrogens is 2. The monoisotopic (exact) mass is 325 g/mol. The number of pyridine rings is 1. The van der Waals surface area contributed by atoms with Crippen molar-refractivity contribution in [1.29, 1.82) is 0 Å². The van der Waals surface area contributed by atoms with E-state index < -0.39 is 11.7 Å². The molecule has 0 unspecified atom stereocenters. The summed E-state index contributed by atoms with van der Waals surface area (Å²) in [5, 5.41) is 3.12. The third kappa shape index (κ3) is 2.77. The van der Waals surface area contributed by atoms with Gasteiger partial charge in [-0.3, -0.25) is 4.79 Å². The van der Waals surface area contributed by atoms with Crippen LogP contribution in [0, 0.1) is 12.7 Å². The van der Waals surface area contributed by atoms with Crippen molar-refractivity contribution >= 4 is 22.6 Å². The van der Waals surface area contributed by atoms with Crippen LogP contribution in [0.5, 0.6) is 0 Å². The van der Waals surface area contributed by atoms with Crippen LogP contribution in [0.3, 0.4) is 0 Å². The molecule has 0 saturated carbocycles. The van der Waals surface area contributed by atoms with E-state index in [0.717, 1.165) is 5.56 Å². The molecule has 3 aromatic rings. The summed E-state index contributed by atoms with van der Waals surface area (Å²) in [4.78, 5) is 16.6. The number of benzene rings is 1. The molecule has 124 valence electrons. The number of nitrogens with zero attached hydrogens (tertiary/aromatic N) is 2. The molecule has 0 fully saturated rings. The van der Waals surface area contributed by atoms with E-state index in [0.29, 0.717) is 22.6 Å². The topological polar surface area (TPSA) is 46.9 Å². The highest BCUT2D eigenvalue weighted by atomic mass is 19.1. The summed E-state index contributed by atoms with van der Waals surface area (Å²) in [6.07, 6.45) is 3.09. The highest BCUT2D eigenvalue weighted by Crippen LogP contribution is 2.24. The van der Waals surface area contributed by atoms with E-state index in [1.165, 1.54) is 11.8 Å². The first-order valence-corrected chi connectivity index (χ1v) is 7.90. The van der Waals surface area contributed by atoms with Gasteiger partial charge >= 0.3 is 0 Å². The highest BCUT2D eigenvalue weighted by molar-refractivity contribution is 6.06. The normalized spacial score (nSPS) is 11.2. The van der Waals surface area contributed by atoms with Gasteiger partial charge < -0.3 is 9.88 Å². The summed E-state index contributed by atoms with van der Waals surface area (Å²) in [7, 11) is 1.80. The minimum Gasteiger partial charge on any atom is -0.335 e. The molecule has 0 aliphatic rings. The fraction of sp³-hybridized carbons (Fsp3) is 0.263. The molecular formula is C19H20FN3O. The van der Waals surface area contributed by atoms with Gasteiger partial charge in [-0.25, -0.2) is 9.37 Å². The first-order chi connectivity index (χ1) is 11.4. The number of fused-ring (bicyclic) bond motifs is 1. The molecule has 1 aromatic carbocycles. The van der Waals surface area contributed by atoms with Crippen molar-refractivity contribution in [1.82, 2.24) is 9.55 Å². The van der Waals surface area contributed by atoms with Crippen molar-refractivity contribution < 1.29 is 9.18 Å². The van der Waals surface area contributed by atoms with Crippen molar-refractivity contribution in [2.24, 2.45) is 7.05 Å². The van der Waals surface area contributed by atoms with Gasteiger partial charge in [0.1, 0.15) is 11.5 Å². The Morgan fingerprint density at radius 2 is 1.92 bits per heavy atom. The van der Waals surface area contributed by atoms with Crippen LogP contribution in [0.1, 0.15) is 41.3 Å². The lowest BCUT2D eigenvalue weighted by atomic mass is 10.0. The van der Waals surface area contributed by atoms with Crippen molar-refractivity contribution in [3.05, 3.63) is 59.2 Å². The standard InChI is InChI=1S/C19H20FN3O/c1-11(2)13-5-7-14(8-6-13)22-19(24)15-9-21-18-16(17(15)20)12(3)10-23(18)4/h5-11H,1-4H3,(H,22,24). The Labute approximate surface area is 140 Å². The summed E-state index contributed by atoms with van der Waals surface area (Å²) in [5.41, 5.74) is 3.05. The Hall–Kier alpha value is -2.69. The van der Waals surface area contributed by atoms with E-state index in [2.05, 4.69) is 24.1 Å². The number of rotatable bonds is 3. The Morgan fingerprint density at radius 3 is 2.54 bits per heavy atom. The number of carbonyl (C=O) groups is 1. The van der Waals surface area contributed by atoms with Crippen LogP contribution in [0.15, 0.2) is 36.7 Å². The van der Waals surface area contributed by atoms with Crippen LogP contribution in [0.4, 0.5) is 10.1 Å². The predicted octanol–water partition coefficient (Wildman–Crippen LogP) is 4.40. The average molecular weight is 325 g/mol. The molecule has 0 spiro atoms. The Balaban J connectivity index is 1.91. The number of nitrogens with one attached hydrogen (secondary N) is 1. The van der Waals surface area contributed by atoms with Crippen LogP contribution in [-0.4, -0.2) is 15.5 Å². The summed E-state index contributed by atoms with van der Waals surface area (Å²) in [5.74, 6) is -0.614. The summed E-state index contributed by atoms with van der Waals surface area (Å²) in [6, 6.07) is 7.56.